The van der Waals surface area contributed by atoms with Crippen molar-refractivity contribution in [1.82, 2.24) is 9.78 Å². The Morgan fingerprint density at radius 2 is 1.94 bits per heavy atom. The number of nitrogens with one attached hydrogen (secondary N) is 2. The number of carbonyl (C=O) groups excluding carboxylic acids is 1. The van der Waals surface area contributed by atoms with Gasteiger partial charge in [0.05, 0.1) is 30.6 Å². The van der Waals surface area contributed by atoms with E-state index >= 15 is 0 Å². The SMILES string of the molecule is CCOC(=O)c1cc(-c2ccccc2)sc1NC(=S)Nc1cnn(Cc2ccc(Cl)cc2Cl)c1. The van der Waals surface area contributed by atoms with E-state index in [9.17, 15) is 4.79 Å². The van der Waals surface area contributed by atoms with Crippen molar-refractivity contribution in [2.24, 2.45) is 0 Å². The third kappa shape index (κ3) is 5.95. The monoisotopic (exact) mass is 530 g/mol. The molecule has 0 amide bonds. The van der Waals surface area contributed by atoms with Crippen LogP contribution in [0.15, 0.2) is 67.0 Å². The maximum absolute atomic E-state index is 12.5. The first-order valence-corrected chi connectivity index (χ1v) is 12.3. The molecular weight excluding hydrogens is 511 g/mol. The molecule has 0 unspecified atom stereocenters. The summed E-state index contributed by atoms with van der Waals surface area (Å²) in [6.07, 6.45) is 3.48. The molecule has 2 aromatic carbocycles. The Labute approximate surface area is 216 Å². The minimum atomic E-state index is -0.404. The number of aromatic nitrogens is 2. The molecule has 2 N–H and O–H groups in total. The van der Waals surface area contributed by atoms with E-state index in [1.807, 2.05) is 48.7 Å². The molecule has 4 aromatic rings. The quantitative estimate of drug-likeness (QED) is 0.199. The zero-order chi connectivity index (χ0) is 24.1. The van der Waals surface area contributed by atoms with Crippen LogP contribution in [-0.2, 0) is 11.3 Å². The van der Waals surface area contributed by atoms with Gasteiger partial charge in [-0.15, -0.1) is 11.3 Å². The predicted molar refractivity (Wildman–Crippen MR) is 143 cm³/mol. The first-order chi connectivity index (χ1) is 16.4. The first-order valence-electron chi connectivity index (χ1n) is 10.3. The van der Waals surface area contributed by atoms with Gasteiger partial charge in [0.1, 0.15) is 5.00 Å². The Bertz CT molecular complexity index is 1320. The summed E-state index contributed by atoms with van der Waals surface area (Å²) in [4.78, 5) is 13.5. The third-order valence-corrected chi connectivity index (χ3v) is 6.64. The number of carbonyl (C=O) groups is 1. The van der Waals surface area contributed by atoms with Gasteiger partial charge in [-0.25, -0.2) is 4.79 Å². The van der Waals surface area contributed by atoms with E-state index in [0.29, 0.717) is 38.0 Å². The van der Waals surface area contributed by atoms with Crippen LogP contribution in [-0.4, -0.2) is 27.5 Å². The number of nitrogens with zero attached hydrogens (tertiary/aromatic N) is 2. The molecule has 6 nitrogen and oxygen atoms in total. The Kier molecular flexibility index (Phi) is 7.84. The van der Waals surface area contributed by atoms with Crippen LogP contribution in [0.5, 0.6) is 0 Å². The van der Waals surface area contributed by atoms with Crippen LogP contribution in [0.1, 0.15) is 22.8 Å². The summed E-state index contributed by atoms with van der Waals surface area (Å²) in [5.41, 5.74) is 3.03. The first kappa shape index (κ1) is 24.2. The Morgan fingerprint density at radius 3 is 2.68 bits per heavy atom. The second-order valence-electron chi connectivity index (χ2n) is 7.18. The molecule has 0 fully saturated rings. The number of thiocarbonyl (C=S) groups is 1. The van der Waals surface area contributed by atoms with Gasteiger partial charge in [0, 0.05) is 21.1 Å². The van der Waals surface area contributed by atoms with Crippen molar-refractivity contribution in [3.05, 3.63) is 88.2 Å². The van der Waals surface area contributed by atoms with Crippen LogP contribution >= 0.6 is 46.8 Å². The molecule has 0 bridgehead atoms. The van der Waals surface area contributed by atoms with Crippen molar-refractivity contribution in [3.63, 3.8) is 0 Å². The molecule has 0 saturated carbocycles. The van der Waals surface area contributed by atoms with Gasteiger partial charge in [0.15, 0.2) is 5.11 Å². The highest BCUT2D eigenvalue weighted by atomic mass is 35.5. The maximum Gasteiger partial charge on any atom is 0.341 e. The van der Waals surface area contributed by atoms with E-state index in [1.165, 1.54) is 11.3 Å². The van der Waals surface area contributed by atoms with Gasteiger partial charge in [-0.05, 0) is 48.5 Å². The Morgan fingerprint density at radius 1 is 1.15 bits per heavy atom. The van der Waals surface area contributed by atoms with Crippen LogP contribution in [0.25, 0.3) is 10.4 Å². The van der Waals surface area contributed by atoms with Crippen LogP contribution in [0.2, 0.25) is 10.0 Å². The number of ether oxygens (including phenoxy) is 1. The van der Waals surface area contributed by atoms with Gasteiger partial charge in [-0.3, -0.25) is 4.68 Å². The van der Waals surface area contributed by atoms with E-state index in [-0.39, 0.29) is 6.61 Å². The van der Waals surface area contributed by atoms with Crippen LogP contribution in [0.3, 0.4) is 0 Å². The molecular formula is C24H20Cl2N4O2S2. The molecule has 174 valence electrons. The molecule has 0 radical (unpaired) electrons. The fourth-order valence-corrected chi connectivity index (χ4v) is 5.00. The lowest BCUT2D eigenvalue weighted by Gasteiger charge is -2.09. The van der Waals surface area contributed by atoms with Crippen molar-refractivity contribution in [2.75, 3.05) is 17.2 Å². The number of anilines is 2. The second kappa shape index (κ2) is 11.0. The number of hydrogen-bond acceptors (Lipinski definition) is 5. The predicted octanol–water partition coefficient (Wildman–Crippen LogP) is 6.95. The lowest BCUT2D eigenvalue weighted by Crippen LogP contribution is -2.19. The third-order valence-electron chi connectivity index (χ3n) is 4.75. The van der Waals surface area contributed by atoms with Gasteiger partial charge < -0.3 is 15.4 Å². The maximum atomic E-state index is 12.5. The molecule has 0 aliphatic rings. The highest BCUT2D eigenvalue weighted by Gasteiger charge is 2.19. The topological polar surface area (TPSA) is 68.2 Å². The molecule has 0 aliphatic carbocycles. The van der Waals surface area contributed by atoms with Crippen LogP contribution in [0.4, 0.5) is 10.7 Å². The van der Waals surface area contributed by atoms with Crippen molar-refractivity contribution in [2.45, 2.75) is 13.5 Å². The molecule has 4 rings (SSSR count). The minimum absolute atomic E-state index is 0.286. The summed E-state index contributed by atoms with van der Waals surface area (Å²) in [5.74, 6) is -0.404. The number of thiophene rings is 1. The molecule has 0 atom stereocenters. The van der Waals surface area contributed by atoms with Gasteiger partial charge in [-0.2, -0.15) is 5.10 Å². The Balaban J connectivity index is 1.47. The summed E-state index contributed by atoms with van der Waals surface area (Å²) < 4.78 is 6.97. The lowest BCUT2D eigenvalue weighted by atomic mass is 10.1. The van der Waals surface area contributed by atoms with E-state index in [4.69, 9.17) is 40.2 Å². The summed E-state index contributed by atoms with van der Waals surface area (Å²) >= 11 is 19.1. The summed E-state index contributed by atoms with van der Waals surface area (Å²) in [6, 6.07) is 17.0. The normalized spacial score (nSPS) is 10.7. The summed E-state index contributed by atoms with van der Waals surface area (Å²) in [5, 5.41) is 12.7. The number of benzene rings is 2. The second-order valence-corrected chi connectivity index (χ2v) is 9.49. The average Bonchev–Trinajstić information content (AvgIpc) is 3.43. The standard InChI is InChI=1S/C24H20Cl2N4O2S2/c1-2-32-23(31)19-11-21(15-6-4-3-5-7-15)34-22(19)29-24(33)28-18-12-27-30(14-18)13-16-8-9-17(25)10-20(16)26/h3-12,14H,2,13H2,1H3,(H2,28,29,33). The smallest absolute Gasteiger partial charge is 0.341 e. The van der Waals surface area contributed by atoms with Crippen molar-refractivity contribution >= 4 is 68.5 Å². The molecule has 2 aromatic heterocycles. The summed E-state index contributed by atoms with van der Waals surface area (Å²) in [7, 11) is 0. The van der Waals surface area contributed by atoms with Gasteiger partial charge in [-0.1, -0.05) is 59.6 Å². The molecule has 0 aliphatic heterocycles. The number of halogens is 2. The van der Waals surface area contributed by atoms with Crippen LogP contribution < -0.4 is 10.6 Å². The zero-order valence-corrected chi connectivity index (χ0v) is 21.2. The molecule has 0 spiro atoms. The molecule has 34 heavy (non-hydrogen) atoms. The average molecular weight is 531 g/mol. The fourth-order valence-electron chi connectivity index (χ4n) is 3.19. The lowest BCUT2D eigenvalue weighted by molar-refractivity contribution is 0.0528. The van der Waals surface area contributed by atoms with Gasteiger partial charge in [0.2, 0.25) is 0 Å². The fraction of sp³-hybridized carbons (Fsp3) is 0.125. The van der Waals surface area contributed by atoms with E-state index in [1.54, 1.807) is 29.9 Å². The van der Waals surface area contributed by atoms with Crippen molar-refractivity contribution in [3.8, 4) is 10.4 Å². The molecule has 0 saturated heterocycles. The molecule has 10 heteroatoms. The highest BCUT2D eigenvalue weighted by Crippen LogP contribution is 2.36. The number of esters is 1. The van der Waals surface area contributed by atoms with E-state index in [0.717, 1.165) is 16.0 Å². The zero-order valence-electron chi connectivity index (χ0n) is 18.0. The van der Waals surface area contributed by atoms with Crippen LogP contribution in [0, 0.1) is 0 Å². The van der Waals surface area contributed by atoms with Gasteiger partial charge >= 0.3 is 5.97 Å². The highest BCUT2D eigenvalue weighted by molar-refractivity contribution is 7.80. The molecule has 2 heterocycles. The van der Waals surface area contributed by atoms with Gasteiger partial charge in [0.25, 0.3) is 0 Å². The summed E-state index contributed by atoms with van der Waals surface area (Å²) in [6.45, 7) is 2.54. The number of hydrogen-bond donors (Lipinski definition) is 2. The minimum Gasteiger partial charge on any atom is -0.462 e. The van der Waals surface area contributed by atoms with Crippen molar-refractivity contribution in [1.29, 1.82) is 0 Å². The largest absolute Gasteiger partial charge is 0.462 e. The Hall–Kier alpha value is -2.91. The van der Waals surface area contributed by atoms with Crippen molar-refractivity contribution < 1.29 is 9.53 Å². The number of rotatable bonds is 7. The van der Waals surface area contributed by atoms with E-state index in [2.05, 4.69) is 15.7 Å². The van der Waals surface area contributed by atoms with E-state index < -0.39 is 5.97 Å².